The van der Waals surface area contributed by atoms with Gasteiger partial charge in [0, 0.05) is 11.7 Å². The molecule has 3 rings (SSSR count). The predicted octanol–water partition coefficient (Wildman–Crippen LogP) is 6.41. The molecule has 1 aromatic rings. The Bertz CT molecular complexity index is 605. The van der Waals surface area contributed by atoms with Gasteiger partial charge in [-0.3, -0.25) is 10.2 Å². The zero-order chi connectivity index (χ0) is 20.3. The molecule has 5 nitrogen and oxygen atoms in total. The van der Waals surface area contributed by atoms with Crippen LogP contribution in [0, 0.1) is 0 Å². The number of nitrogens with zero attached hydrogens (tertiary/aromatic N) is 1. The van der Waals surface area contributed by atoms with Crippen LogP contribution in [-0.2, 0) is 4.74 Å². The molecule has 1 amide bonds. The third-order valence-corrected chi connectivity index (χ3v) is 6.15. The Labute approximate surface area is 188 Å². The standard InChI is InChI=1S/C24H38N2O3.ClH/c1-2-3-4-10-19-28-21-15-13-20(14-16-21)25-24(27)29-23-12-7-6-11-22(23)26-17-8-5-9-18-26;/h13-16,22-23H,2-12,17-19H2,1H3,(H,25,27);1H. The summed E-state index contributed by atoms with van der Waals surface area (Å²) in [6.07, 6.45) is 12.8. The number of anilines is 1. The number of rotatable bonds is 9. The molecule has 0 bridgehead atoms. The van der Waals surface area contributed by atoms with Gasteiger partial charge in [-0.1, -0.05) is 39.0 Å². The first kappa shape index (κ1) is 24.8. The van der Waals surface area contributed by atoms with Crippen molar-refractivity contribution in [3.63, 3.8) is 0 Å². The number of piperidine rings is 1. The second-order valence-electron chi connectivity index (χ2n) is 8.45. The molecule has 1 aromatic carbocycles. The molecule has 1 aliphatic carbocycles. The number of carbonyl (C=O) groups is 1. The molecule has 0 aromatic heterocycles. The van der Waals surface area contributed by atoms with Crippen molar-refractivity contribution in [2.45, 2.75) is 89.7 Å². The predicted molar refractivity (Wildman–Crippen MR) is 125 cm³/mol. The first-order valence-electron chi connectivity index (χ1n) is 11.7. The van der Waals surface area contributed by atoms with Crippen LogP contribution in [0.1, 0.15) is 77.6 Å². The van der Waals surface area contributed by atoms with E-state index in [9.17, 15) is 4.79 Å². The minimum Gasteiger partial charge on any atom is -0.494 e. The molecule has 1 N–H and O–H groups in total. The Morgan fingerprint density at radius 2 is 1.73 bits per heavy atom. The summed E-state index contributed by atoms with van der Waals surface area (Å²) in [5, 5.41) is 2.89. The van der Waals surface area contributed by atoms with Crippen LogP contribution in [0.2, 0.25) is 0 Å². The molecule has 2 fully saturated rings. The Kier molecular flexibility index (Phi) is 11.4. The van der Waals surface area contributed by atoms with Crippen LogP contribution in [0.3, 0.4) is 0 Å². The summed E-state index contributed by atoms with van der Waals surface area (Å²) in [7, 11) is 0. The van der Waals surface area contributed by atoms with Crippen molar-refractivity contribution in [2.75, 3.05) is 25.0 Å². The summed E-state index contributed by atoms with van der Waals surface area (Å²) < 4.78 is 11.6. The highest BCUT2D eigenvalue weighted by atomic mass is 35.5. The normalized spacial score (nSPS) is 22.0. The maximum absolute atomic E-state index is 12.5. The van der Waals surface area contributed by atoms with E-state index in [1.54, 1.807) is 0 Å². The molecule has 1 saturated carbocycles. The minimum absolute atomic E-state index is 0. The van der Waals surface area contributed by atoms with Gasteiger partial charge in [0.15, 0.2) is 0 Å². The number of hydrogen-bond donors (Lipinski definition) is 1. The quantitative estimate of drug-likeness (QED) is 0.452. The van der Waals surface area contributed by atoms with E-state index in [1.807, 2.05) is 24.3 Å². The van der Waals surface area contributed by atoms with Crippen molar-refractivity contribution in [1.29, 1.82) is 0 Å². The van der Waals surface area contributed by atoms with Gasteiger partial charge in [0.1, 0.15) is 11.9 Å². The van der Waals surface area contributed by atoms with Crippen LogP contribution in [-0.4, -0.2) is 42.8 Å². The molecule has 2 atom stereocenters. The minimum atomic E-state index is -0.341. The Morgan fingerprint density at radius 3 is 2.47 bits per heavy atom. The number of carbonyl (C=O) groups excluding carboxylic acids is 1. The third-order valence-electron chi connectivity index (χ3n) is 6.15. The average molecular weight is 439 g/mol. The van der Waals surface area contributed by atoms with Crippen molar-refractivity contribution < 1.29 is 14.3 Å². The Balaban J connectivity index is 0.00000320. The summed E-state index contributed by atoms with van der Waals surface area (Å²) in [6.45, 7) is 5.24. The molecular weight excluding hydrogens is 400 g/mol. The van der Waals surface area contributed by atoms with E-state index in [2.05, 4.69) is 17.1 Å². The summed E-state index contributed by atoms with van der Waals surface area (Å²) in [5.41, 5.74) is 0.749. The molecule has 1 aliphatic heterocycles. The topological polar surface area (TPSA) is 50.8 Å². The second kappa shape index (κ2) is 13.8. The van der Waals surface area contributed by atoms with E-state index < -0.39 is 0 Å². The second-order valence-corrected chi connectivity index (χ2v) is 8.45. The molecule has 2 unspecified atom stereocenters. The van der Waals surface area contributed by atoms with Crippen LogP contribution in [0.4, 0.5) is 10.5 Å². The molecular formula is C24H39ClN2O3. The number of nitrogens with one attached hydrogen (secondary N) is 1. The molecule has 6 heteroatoms. The molecule has 0 radical (unpaired) electrons. The fourth-order valence-corrected chi connectivity index (χ4v) is 4.52. The lowest BCUT2D eigenvalue weighted by Gasteiger charge is -2.41. The Hall–Kier alpha value is -1.46. The number of unbranched alkanes of at least 4 members (excludes halogenated alkanes) is 3. The van der Waals surface area contributed by atoms with Crippen molar-refractivity contribution in [1.82, 2.24) is 4.90 Å². The average Bonchev–Trinajstić information content (AvgIpc) is 2.76. The van der Waals surface area contributed by atoms with Crippen LogP contribution in [0.15, 0.2) is 24.3 Å². The molecule has 2 aliphatic rings. The number of benzene rings is 1. The van der Waals surface area contributed by atoms with Crippen LogP contribution < -0.4 is 10.1 Å². The van der Waals surface area contributed by atoms with E-state index in [0.717, 1.165) is 56.8 Å². The number of amides is 1. The highest BCUT2D eigenvalue weighted by molar-refractivity contribution is 5.85. The zero-order valence-electron chi connectivity index (χ0n) is 18.4. The first-order chi connectivity index (χ1) is 14.3. The molecule has 0 spiro atoms. The van der Waals surface area contributed by atoms with E-state index in [4.69, 9.17) is 9.47 Å². The van der Waals surface area contributed by atoms with Gasteiger partial charge >= 0.3 is 6.09 Å². The lowest BCUT2D eigenvalue weighted by Crippen LogP contribution is -2.49. The highest BCUT2D eigenvalue weighted by Gasteiger charge is 2.33. The summed E-state index contributed by atoms with van der Waals surface area (Å²) in [5.74, 6) is 0.845. The first-order valence-corrected chi connectivity index (χ1v) is 11.7. The lowest BCUT2D eigenvalue weighted by molar-refractivity contribution is 0.00174. The highest BCUT2D eigenvalue weighted by Crippen LogP contribution is 2.28. The smallest absolute Gasteiger partial charge is 0.411 e. The summed E-state index contributed by atoms with van der Waals surface area (Å²) >= 11 is 0. The van der Waals surface area contributed by atoms with Gasteiger partial charge in [-0.05, 0) is 75.9 Å². The van der Waals surface area contributed by atoms with E-state index in [-0.39, 0.29) is 24.6 Å². The zero-order valence-corrected chi connectivity index (χ0v) is 19.3. The van der Waals surface area contributed by atoms with Gasteiger partial charge in [-0.15, -0.1) is 12.4 Å². The van der Waals surface area contributed by atoms with Gasteiger partial charge < -0.3 is 9.47 Å². The number of likely N-dealkylation sites (tertiary alicyclic amines) is 1. The van der Waals surface area contributed by atoms with Crippen molar-refractivity contribution in [3.8, 4) is 5.75 Å². The van der Waals surface area contributed by atoms with Gasteiger partial charge in [-0.2, -0.15) is 0 Å². The maximum atomic E-state index is 12.5. The molecule has 1 heterocycles. The van der Waals surface area contributed by atoms with E-state index in [0.29, 0.717) is 6.04 Å². The maximum Gasteiger partial charge on any atom is 0.411 e. The third kappa shape index (κ3) is 7.99. The SMILES string of the molecule is CCCCCCOc1ccc(NC(=O)OC2CCCCC2N2CCCCC2)cc1.Cl. The van der Waals surface area contributed by atoms with Crippen molar-refractivity contribution in [2.24, 2.45) is 0 Å². The summed E-state index contributed by atoms with van der Waals surface area (Å²) in [4.78, 5) is 15.0. The van der Waals surface area contributed by atoms with Crippen molar-refractivity contribution in [3.05, 3.63) is 24.3 Å². The molecule has 30 heavy (non-hydrogen) atoms. The van der Waals surface area contributed by atoms with Crippen LogP contribution in [0.5, 0.6) is 5.75 Å². The molecule has 170 valence electrons. The fourth-order valence-electron chi connectivity index (χ4n) is 4.52. The van der Waals surface area contributed by atoms with Gasteiger partial charge in [0.25, 0.3) is 0 Å². The van der Waals surface area contributed by atoms with Crippen molar-refractivity contribution >= 4 is 24.2 Å². The fraction of sp³-hybridized carbons (Fsp3) is 0.708. The monoisotopic (exact) mass is 438 g/mol. The van der Waals surface area contributed by atoms with Crippen LogP contribution >= 0.6 is 12.4 Å². The van der Waals surface area contributed by atoms with Gasteiger partial charge in [0.05, 0.1) is 6.61 Å². The van der Waals surface area contributed by atoms with Crippen LogP contribution in [0.25, 0.3) is 0 Å². The van der Waals surface area contributed by atoms with Gasteiger partial charge in [-0.25, -0.2) is 4.79 Å². The number of halogens is 1. The van der Waals surface area contributed by atoms with Gasteiger partial charge in [0.2, 0.25) is 0 Å². The number of hydrogen-bond acceptors (Lipinski definition) is 4. The summed E-state index contributed by atoms with van der Waals surface area (Å²) in [6, 6.07) is 7.97. The Morgan fingerprint density at radius 1 is 1.00 bits per heavy atom. The van der Waals surface area contributed by atoms with E-state index >= 15 is 0 Å². The largest absolute Gasteiger partial charge is 0.494 e. The number of ether oxygens (including phenoxy) is 2. The van der Waals surface area contributed by atoms with E-state index in [1.165, 1.54) is 44.9 Å². The lowest BCUT2D eigenvalue weighted by atomic mass is 9.90. The molecule has 1 saturated heterocycles.